The second kappa shape index (κ2) is 9.80. The van der Waals surface area contributed by atoms with Crippen molar-refractivity contribution in [3.63, 3.8) is 0 Å². The fourth-order valence-corrected chi connectivity index (χ4v) is 3.61. The molecule has 1 fully saturated rings. The first-order valence-corrected chi connectivity index (χ1v) is 9.15. The largest absolute Gasteiger partial charge is 0.462 e. The van der Waals surface area contributed by atoms with Gasteiger partial charge in [-0.2, -0.15) is 0 Å². The van der Waals surface area contributed by atoms with Gasteiger partial charge in [0.25, 0.3) is 0 Å². The molecule has 0 radical (unpaired) electrons. The van der Waals surface area contributed by atoms with Crippen LogP contribution in [0, 0.1) is 11.8 Å². The number of carbonyl (C=O) groups is 1. The Kier molecular flexibility index (Phi) is 7.73. The number of esters is 1. The lowest BCUT2D eigenvalue weighted by Crippen LogP contribution is -2.31. The maximum atomic E-state index is 12.1. The Morgan fingerprint density at radius 3 is 2.58 bits per heavy atom. The molecule has 0 saturated heterocycles. The van der Waals surface area contributed by atoms with E-state index in [4.69, 9.17) is 4.74 Å². The average molecular weight is 334 g/mol. The quantitative estimate of drug-likeness (QED) is 0.570. The van der Waals surface area contributed by atoms with Crippen molar-refractivity contribution in [1.82, 2.24) is 0 Å². The van der Waals surface area contributed by atoms with Crippen molar-refractivity contribution in [2.24, 2.45) is 11.8 Å². The van der Waals surface area contributed by atoms with Crippen LogP contribution in [0.3, 0.4) is 0 Å². The summed E-state index contributed by atoms with van der Waals surface area (Å²) in [5, 5.41) is 20.4. The van der Waals surface area contributed by atoms with Gasteiger partial charge in [-0.3, -0.25) is 4.79 Å². The molecule has 0 aromatic carbocycles. The third-order valence-corrected chi connectivity index (χ3v) is 4.95. The molecular formula is C20H30O4. The second-order valence-electron chi connectivity index (χ2n) is 6.71. The van der Waals surface area contributed by atoms with Gasteiger partial charge in [0.1, 0.15) is 6.10 Å². The van der Waals surface area contributed by atoms with E-state index in [1.54, 1.807) is 0 Å². The van der Waals surface area contributed by atoms with Crippen LogP contribution in [0.25, 0.3) is 0 Å². The van der Waals surface area contributed by atoms with Crippen LogP contribution < -0.4 is 0 Å². The van der Waals surface area contributed by atoms with Crippen LogP contribution in [0.5, 0.6) is 0 Å². The fourth-order valence-electron chi connectivity index (χ4n) is 3.61. The van der Waals surface area contributed by atoms with Crippen LogP contribution in [0.2, 0.25) is 0 Å². The minimum absolute atomic E-state index is 0.0306. The number of cyclic esters (lactones) is 1. The summed E-state index contributed by atoms with van der Waals surface area (Å²) < 4.78 is 5.68. The van der Waals surface area contributed by atoms with Crippen LogP contribution in [-0.2, 0) is 9.53 Å². The molecule has 134 valence electrons. The van der Waals surface area contributed by atoms with Gasteiger partial charge < -0.3 is 14.9 Å². The number of fused-ring (bicyclic) bond motifs is 1. The first-order chi connectivity index (χ1) is 11.6. The molecule has 0 unspecified atom stereocenters. The van der Waals surface area contributed by atoms with Crippen molar-refractivity contribution in [3.05, 3.63) is 36.5 Å². The molecule has 1 heterocycles. The minimum Gasteiger partial charge on any atom is -0.462 e. The molecule has 0 bridgehead atoms. The minimum atomic E-state index is -0.787. The molecule has 4 heteroatoms. The SMILES string of the molecule is CC[C@@H]1OC(=O)CCC/C=C\C/C=C\C/C=C\[C@@H]2[C@@H](O)[C@H](O)C[C@H]21. The Labute approximate surface area is 144 Å². The third-order valence-electron chi connectivity index (χ3n) is 4.95. The molecule has 2 aliphatic rings. The maximum Gasteiger partial charge on any atom is 0.306 e. The van der Waals surface area contributed by atoms with Gasteiger partial charge in [-0.1, -0.05) is 43.4 Å². The average Bonchev–Trinajstić information content (AvgIpc) is 2.84. The Morgan fingerprint density at radius 1 is 1.12 bits per heavy atom. The molecule has 0 amide bonds. The first-order valence-electron chi connectivity index (χ1n) is 9.15. The number of allylic oxidation sites excluding steroid dienone is 5. The predicted octanol–water partition coefficient (Wildman–Crippen LogP) is 3.30. The van der Waals surface area contributed by atoms with Gasteiger partial charge in [0, 0.05) is 18.3 Å². The zero-order valence-corrected chi connectivity index (χ0v) is 14.5. The highest BCUT2D eigenvalue weighted by Crippen LogP contribution is 2.38. The van der Waals surface area contributed by atoms with Crippen molar-refractivity contribution in [1.29, 1.82) is 0 Å². The topological polar surface area (TPSA) is 66.8 Å². The fraction of sp³-hybridized carbons (Fsp3) is 0.650. The molecule has 24 heavy (non-hydrogen) atoms. The third kappa shape index (κ3) is 5.32. The molecule has 0 spiro atoms. The molecule has 1 aliphatic heterocycles. The molecule has 0 aromatic heterocycles. The van der Waals surface area contributed by atoms with Gasteiger partial charge in [-0.05, 0) is 38.5 Å². The van der Waals surface area contributed by atoms with Crippen LogP contribution in [0.4, 0.5) is 0 Å². The highest BCUT2D eigenvalue weighted by atomic mass is 16.5. The Morgan fingerprint density at radius 2 is 1.83 bits per heavy atom. The highest BCUT2D eigenvalue weighted by Gasteiger charge is 2.44. The summed E-state index contributed by atoms with van der Waals surface area (Å²) in [6, 6.07) is 0. The van der Waals surface area contributed by atoms with E-state index < -0.39 is 12.2 Å². The van der Waals surface area contributed by atoms with Crippen molar-refractivity contribution in [3.8, 4) is 0 Å². The standard InChI is InChI=1S/C20H30O4/c1-2-18-16-14-17(21)20(23)15(16)12-10-8-6-4-3-5-7-9-11-13-19(22)24-18/h4-7,10,12,15-18,20-21,23H,2-3,8-9,11,13-14H2,1H3/b6-4-,7-5-,12-10-/t15-,16+,17+,18-,20+/m0/s1. The Balaban J connectivity index is 2.14. The molecule has 5 atom stereocenters. The summed E-state index contributed by atoms with van der Waals surface area (Å²) in [7, 11) is 0. The summed E-state index contributed by atoms with van der Waals surface area (Å²) in [6.07, 6.45) is 15.6. The first kappa shape index (κ1) is 18.9. The molecule has 2 rings (SSSR count). The van der Waals surface area contributed by atoms with E-state index in [0.717, 1.165) is 25.7 Å². The number of rotatable bonds is 1. The summed E-state index contributed by atoms with van der Waals surface area (Å²) >= 11 is 0. The molecule has 4 nitrogen and oxygen atoms in total. The van der Waals surface area contributed by atoms with Crippen molar-refractivity contribution in [2.75, 3.05) is 0 Å². The van der Waals surface area contributed by atoms with Crippen molar-refractivity contribution < 1.29 is 19.7 Å². The number of carbonyl (C=O) groups excluding carboxylic acids is 1. The monoisotopic (exact) mass is 334 g/mol. The van der Waals surface area contributed by atoms with Gasteiger partial charge in [-0.25, -0.2) is 0 Å². The number of aliphatic hydroxyl groups excluding tert-OH is 2. The number of aliphatic hydroxyl groups is 2. The van der Waals surface area contributed by atoms with Crippen LogP contribution in [-0.4, -0.2) is 34.5 Å². The number of hydrogen-bond acceptors (Lipinski definition) is 4. The van der Waals surface area contributed by atoms with E-state index in [1.165, 1.54) is 0 Å². The van der Waals surface area contributed by atoms with Crippen LogP contribution >= 0.6 is 0 Å². The lowest BCUT2D eigenvalue weighted by atomic mass is 9.88. The highest BCUT2D eigenvalue weighted by molar-refractivity contribution is 5.69. The van der Waals surface area contributed by atoms with Gasteiger partial charge >= 0.3 is 5.97 Å². The smallest absolute Gasteiger partial charge is 0.306 e. The summed E-state index contributed by atoms with van der Waals surface area (Å²) in [5.74, 6) is -0.378. The van der Waals surface area contributed by atoms with E-state index >= 15 is 0 Å². The summed E-state index contributed by atoms with van der Waals surface area (Å²) in [5.41, 5.74) is 0. The van der Waals surface area contributed by atoms with E-state index in [2.05, 4.69) is 24.3 Å². The zero-order chi connectivity index (χ0) is 17.4. The number of hydrogen-bond donors (Lipinski definition) is 2. The normalized spacial score (nSPS) is 39.6. The van der Waals surface area contributed by atoms with E-state index in [-0.39, 0.29) is 23.9 Å². The Hall–Kier alpha value is -1.39. The van der Waals surface area contributed by atoms with Crippen LogP contribution in [0.15, 0.2) is 36.5 Å². The number of ether oxygens (including phenoxy) is 1. The predicted molar refractivity (Wildman–Crippen MR) is 94.3 cm³/mol. The molecule has 0 aromatic rings. The summed E-state index contributed by atoms with van der Waals surface area (Å²) in [6.45, 7) is 1.99. The van der Waals surface area contributed by atoms with Crippen LogP contribution in [0.1, 0.15) is 51.9 Å². The lowest BCUT2D eigenvalue weighted by molar-refractivity contribution is -0.153. The van der Waals surface area contributed by atoms with E-state index in [0.29, 0.717) is 19.3 Å². The van der Waals surface area contributed by atoms with Gasteiger partial charge in [0.15, 0.2) is 0 Å². The molecular weight excluding hydrogens is 304 g/mol. The van der Waals surface area contributed by atoms with Gasteiger partial charge in [0.2, 0.25) is 0 Å². The molecule has 1 aliphatic carbocycles. The lowest BCUT2D eigenvalue weighted by Gasteiger charge is -2.27. The molecule has 2 N–H and O–H groups in total. The zero-order valence-electron chi connectivity index (χ0n) is 14.5. The van der Waals surface area contributed by atoms with E-state index in [1.807, 2.05) is 19.1 Å². The second-order valence-corrected chi connectivity index (χ2v) is 6.71. The van der Waals surface area contributed by atoms with Crippen molar-refractivity contribution >= 4 is 5.97 Å². The maximum absolute atomic E-state index is 12.1. The van der Waals surface area contributed by atoms with Gasteiger partial charge in [-0.15, -0.1) is 0 Å². The molecule has 1 saturated carbocycles. The Bertz CT molecular complexity index is 480. The summed E-state index contributed by atoms with van der Waals surface area (Å²) in [4.78, 5) is 12.1. The van der Waals surface area contributed by atoms with E-state index in [9.17, 15) is 15.0 Å². The van der Waals surface area contributed by atoms with Gasteiger partial charge in [0.05, 0.1) is 12.2 Å². The van der Waals surface area contributed by atoms with Crippen molar-refractivity contribution in [2.45, 2.75) is 70.2 Å².